The zero-order chi connectivity index (χ0) is 25.0. The summed E-state index contributed by atoms with van der Waals surface area (Å²) < 4.78 is 35.6. The van der Waals surface area contributed by atoms with Crippen LogP contribution in [0.4, 0.5) is 0 Å². The Hall–Kier alpha value is -2.68. The van der Waals surface area contributed by atoms with E-state index in [1.165, 1.54) is 7.11 Å². The van der Waals surface area contributed by atoms with Crippen molar-refractivity contribution in [3.05, 3.63) is 93.0 Å². The number of hydrogen-bond donors (Lipinski definition) is 1. The monoisotopic (exact) mass is 545 g/mol. The van der Waals surface area contributed by atoms with Crippen molar-refractivity contribution < 1.29 is 23.1 Å². The van der Waals surface area contributed by atoms with Gasteiger partial charge in [0, 0.05) is 11.0 Å². The van der Waals surface area contributed by atoms with Crippen LogP contribution in [0.25, 0.3) is 0 Å². The highest BCUT2D eigenvalue weighted by molar-refractivity contribution is 9.10. The third-order valence-corrected chi connectivity index (χ3v) is 8.54. The van der Waals surface area contributed by atoms with Crippen molar-refractivity contribution in [2.75, 3.05) is 7.11 Å². The van der Waals surface area contributed by atoms with Crippen LogP contribution >= 0.6 is 15.9 Å². The van der Waals surface area contributed by atoms with Crippen molar-refractivity contribution in [2.24, 2.45) is 0 Å². The first-order valence-corrected chi connectivity index (χ1v) is 13.0. The molecule has 3 aromatic rings. The lowest BCUT2D eigenvalue weighted by Crippen LogP contribution is -2.46. The van der Waals surface area contributed by atoms with E-state index in [1.807, 2.05) is 24.3 Å². The number of carboxylic acid groups (broad SMARTS) is 1. The first-order chi connectivity index (χ1) is 16.1. The number of carboxylic acids is 1. The quantitative estimate of drug-likeness (QED) is 0.396. The molecule has 0 bridgehead atoms. The highest BCUT2D eigenvalue weighted by Crippen LogP contribution is 2.34. The van der Waals surface area contributed by atoms with Gasteiger partial charge in [-0.3, -0.25) is 4.79 Å². The molecule has 0 aliphatic rings. The largest absolute Gasteiger partial charge is 0.496 e. The predicted octanol–water partition coefficient (Wildman–Crippen LogP) is 5.27. The number of halogens is 1. The van der Waals surface area contributed by atoms with E-state index in [-0.39, 0.29) is 17.9 Å². The number of nitrogens with zero attached hydrogens (tertiary/aromatic N) is 1. The molecule has 34 heavy (non-hydrogen) atoms. The summed E-state index contributed by atoms with van der Waals surface area (Å²) in [7, 11) is -2.67. The normalized spacial score (nSPS) is 12.5. The lowest BCUT2D eigenvalue weighted by atomic mass is 10.1. The van der Waals surface area contributed by atoms with E-state index in [0.29, 0.717) is 28.0 Å². The van der Waals surface area contributed by atoms with Crippen molar-refractivity contribution in [3.63, 3.8) is 0 Å². The van der Waals surface area contributed by atoms with Gasteiger partial charge in [0.05, 0.1) is 12.0 Å². The third kappa shape index (κ3) is 5.51. The number of carbonyl (C=O) groups is 1. The number of ether oxygens (including phenoxy) is 1. The van der Waals surface area contributed by atoms with Gasteiger partial charge in [0.1, 0.15) is 11.8 Å². The zero-order valence-corrected chi connectivity index (χ0v) is 22.0. The molecule has 0 aromatic heterocycles. The molecule has 0 heterocycles. The maximum atomic E-state index is 14.2. The average Bonchev–Trinajstić information content (AvgIpc) is 2.79. The van der Waals surface area contributed by atoms with Crippen LogP contribution in [0.15, 0.2) is 70.0 Å². The number of aryl methyl sites for hydroxylation is 1. The van der Waals surface area contributed by atoms with Crippen LogP contribution < -0.4 is 4.74 Å². The van der Waals surface area contributed by atoms with Gasteiger partial charge in [-0.05, 0) is 73.2 Å². The number of benzene rings is 3. The Kier molecular flexibility index (Phi) is 8.17. The summed E-state index contributed by atoms with van der Waals surface area (Å²) in [6.45, 7) is 5.13. The number of hydrogen-bond acceptors (Lipinski definition) is 4. The highest BCUT2D eigenvalue weighted by atomic mass is 79.9. The fourth-order valence-corrected chi connectivity index (χ4v) is 6.58. The molecule has 0 spiro atoms. The molecule has 1 N–H and O–H groups in total. The Bertz CT molecular complexity index is 1290. The van der Waals surface area contributed by atoms with E-state index < -0.39 is 22.0 Å². The van der Waals surface area contributed by atoms with Crippen LogP contribution in [0.1, 0.15) is 27.8 Å². The topological polar surface area (TPSA) is 83.9 Å². The zero-order valence-electron chi connectivity index (χ0n) is 19.6. The standard InChI is InChI=1S/C26H28BrNO5S/c1-17-13-24(33-4)18(2)19(3)25(17)34(31,32)28(16-21-11-8-12-22(27)14-21)23(26(29)30)15-20-9-6-5-7-10-20/h5-14,23H,15-16H2,1-4H3,(H,29,30). The van der Waals surface area contributed by atoms with Gasteiger partial charge in [0.15, 0.2) is 0 Å². The molecule has 0 amide bonds. The van der Waals surface area contributed by atoms with E-state index in [1.54, 1.807) is 57.2 Å². The molecule has 0 aliphatic heterocycles. The smallest absolute Gasteiger partial charge is 0.322 e. The third-order valence-electron chi connectivity index (χ3n) is 5.90. The van der Waals surface area contributed by atoms with Crippen LogP contribution in [0.5, 0.6) is 5.75 Å². The maximum absolute atomic E-state index is 14.2. The van der Waals surface area contributed by atoms with Crippen molar-refractivity contribution in [1.82, 2.24) is 4.31 Å². The Morgan fingerprint density at radius 3 is 2.24 bits per heavy atom. The number of sulfonamides is 1. The lowest BCUT2D eigenvalue weighted by Gasteiger charge is -2.30. The summed E-state index contributed by atoms with van der Waals surface area (Å²) in [5.74, 6) is -0.616. The summed E-state index contributed by atoms with van der Waals surface area (Å²) in [6.07, 6.45) is 0.0383. The molecule has 0 fully saturated rings. The summed E-state index contributed by atoms with van der Waals surface area (Å²) in [5, 5.41) is 10.2. The summed E-state index contributed by atoms with van der Waals surface area (Å²) >= 11 is 3.42. The van der Waals surface area contributed by atoms with Crippen LogP contribution in [-0.2, 0) is 27.8 Å². The van der Waals surface area contributed by atoms with Gasteiger partial charge in [-0.2, -0.15) is 4.31 Å². The van der Waals surface area contributed by atoms with Crippen molar-refractivity contribution >= 4 is 31.9 Å². The molecule has 1 atom stereocenters. The second-order valence-electron chi connectivity index (χ2n) is 8.20. The molecule has 0 saturated carbocycles. The van der Waals surface area contributed by atoms with Crippen molar-refractivity contribution in [2.45, 2.75) is 44.7 Å². The fourth-order valence-electron chi connectivity index (χ4n) is 4.08. The molecule has 180 valence electrons. The molecule has 3 rings (SSSR count). The maximum Gasteiger partial charge on any atom is 0.322 e. The van der Waals surface area contributed by atoms with Crippen LogP contribution in [0, 0.1) is 20.8 Å². The minimum Gasteiger partial charge on any atom is -0.496 e. The van der Waals surface area contributed by atoms with Crippen molar-refractivity contribution in [1.29, 1.82) is 0 Å². The molecule has 0 aliphatic carbocycles. The molecule has 0 radical (unpaired) electrons. The van der Waals surface area contributed by atoms with E-state index in [9.17, 15) is 18.3 Å². The Labute approximate surface area is 209 Å². The molecule has 6 nitrogen and oxygen atoms in total. The van der Waals surface area contributed by atoms with Gasteiger partial charge in [-0.15, -0.1) is 0 Å². The lowest BCUT2D eigenvalue weighted by molar-refractivity contribution is -0.141. The van der Waals surface area contributed by atoms with E-state index in [0.717, 1.165) is 14.3 Å². The molecule has 3 aromatic carbocycles. The van der Waals surface area contributed by atoms with Gasteiger partial charge < -0.3 is 9.84 Å². The molecule has 1 unspecified atom stereocenters. The fraction of sp³-hybridized carbons (Fsp3) is 0.269. The van der Waals surface area contributed by atoms with Gasteiger partial charge >= 0.3 is 5.97 Å². The predicted molar refractivity (Wildman–Crippen MR) is 136 cm³/mol. The average molecular weight is 546 g/mol. The molecular formula is C26H28BrNO5S. The van der Waals surface area contributed by atoms with Gasteiger partial charge in [-0.1, -0.05) is 58.4 Å². The summed E-state index contributed by atoms with van der Waals surface area (Å²) in [5.41, 5.74) is 3.16. The SMILES string of the molecule is COc1cc(C)c(S(=O)(=O)N(Cc2cccc(Br)c2)C(Cc2ccccc2)C(=O)O)c(C)c1C. The Morgan fingerprint density at radius 1 is 1.00 bits per heavy atom. The van der Waals surface area contributed by atoms with Gasteiger partial charge in [-0.25, -0.2) is 8.42 Å². The number of rotatable bonds is 9. The second-order valence-corrected chi connectivity index (χ2v) is 10.9. The van der Waals surface area contributed by atoms with Crippen LogP contribution in [-0.4, -0.2) is 37.0 Å². The van der Waals surface area contributed by atoms with Crippen LogP contribution in [0.2, 0.25) is 0 Å². The van der Waals surface area contributed by atoms with Gasteiger partial charge in [0.25, 0.3) is 0 Å². The molecule has 8 heteroatoms. The molecular weight excluding hydrogens is 518 g/mol. The van der Waals surface area contributed by atoms with E-state index >= 15 is 0 Å². The van der Waals surface area contributed by atoms with Crippen LogP contribution in [0.3, 0.4) is 0 Å². The number of aliphatic carboxylic acids is 1. The highest BCUT2D eigenvalue weighted by Gasteiger charge is 2.38. The first kappa shape index (κ1) is 25.9. The minimum atomic E-state index is -4.20. The second kappa shape index (κ2) is 10.7. The van der Waals surface area contributed by atoms with Gasteiger partial charge in [0.2, 0.25) is 10.0 Å². The summed E-state index contributed by atoms with van der Waals surface area (Å²) in [4.78, 5) is 12.6. The minimum absolute atomic E-state index is 0.0383. The van der Waals surface area contributed by atoms with E-state index in [2.05, 4.69) is 15.9 Å². The Morgan fingerprint density at radius 2 is 1.65 bits per heavy atom. The first-order valence-electron chi connectivity index (χ1n) is 10.7. The van der Waals surface area contributed by atoms with Crippen molar-refractivity contribution in [3.8, 4) is 5.75 Å². The number of methoxy groups -OCH3 is 1. The summed E-state index contributed by atoms with van der Waals surface area (Å²) in [6, 6.07) is 16.6. The van der Waals surface area contributed by atoms with E-state index in [4.69, 9.17) is 4.74 Å². The Balaban J connectivity index is 2.20. The molecule has 0 saturated heterocycles.